The van der Waals surface area contributed by atoms with Crippen molar-refractivity contribution in [3.8, 4) is 0 Å². The fraction of sp³-hybridized carbons (Fsp3) is 0.917. The van der Waals surface area contributed by atoms with Crippen molar-refractivity contribution in [1.29, 1.82) is 0 Å². The van der Waals surface area contributed by atoms with Gasteiger partial charge in [-0.1, -0.05) is 20.3 Å². The van der Waals surface area contributed by atoms with Crippen molar-refractivity contribution < 1.29 is 4.74 Å². The standard InChI is InChI=1S/C12H25N3O/c1-5-6-7-15(4)11(13-3)14-8-12(2)9-16-10-12/h5-10H2,1-4H3,(H,13,14). The van der Waals surface area contributed by atoms with Gasteiger partial charge in [-0.05, 0) is 6.42 Å². The number of hydrogen-bond acceptors (Lipinski definition) is 2. The molecule has 4 nitrogen and oxygen atoms in total. The highest BCUT2D eigenvalue weighted by molar-refractivity contribution is 5.79. The minimum atomic E-state index is 0.293. The van der Waals surface area contributed by atoms with Gasteiger partial charge in [-0.2, -0.15) is 0 Å². The Kier molecular flexibility index (Phi) is 5.06. The van der Waals surface area contributed by atoms with Gasteiger partial charge in [0.15, 0.2) is 5.96 Å². The number of hydrogen-bond donors (Lipinski definition) is 1. The molecule has 1 fully saturated rings. The molecule has 0 unspecified atom stereocenters. The molecule has 1 rings (SSSR count). The first-order valence-corrected chi connectivity index (χ1v) is 6.11. The molecule has 94 valence electrons. The molecular formula is C12H25N3O. The van der Waals surface area contributed by atoms with Crippen LogP contribution in [0, 0.1) is 5.41 Å². The van der Waals surface area contributed by atoms with Crippen LogP contribution >= 0.6 is 0 Å². The first kappa shape index (κ1) is 13.3. The van der Waals surface area contributed by atoms with Crippen molar-refractivity contribution in [1.82, 2.24) is 10.2 Å². The fourth-order valence-electron chi connectivity index (χ4n) is 1.73. The van der Waals surface area contributed by atoms with Crippen molar-refractivity contribution in [2.24, 2.45) is 10.4 Å². The van der Waals surface area contributed by atoms with Gasteiger partial charge < -0.3 is 15.0 Å². The van der Waals surface area contributed by atoms with Crippen LogP contribution < -0.4 is 5.32 Å². The Morgan fingerprint density at radius 2 is 2.19 bits per heavy atom. The van der Waals surface area contributed by atoms with Crippen molar-refractivity contribution in [2.75, 3.05) is 40.4 Å². The molecule has 0 aromatic rings. The Hall–Kier alpha value is -0.770. The number of nitrogens with zero attached hydrogens (tertiary/aromatic N) is 2. The third-order valence-corrected chi connectivity index (χ3v) is 2.99. The lowest BCUT2D eigenvalue weighted by Crippen LogP contribution is -2.51. The zero-order valence-electron chi connectivity index (χ0n) is 11.0. The lowest BCUT2D eigenvalue weighted by molar-refractivity contribution is -0.0972. The molecule has 0 atom stereocenters. The molecule has 0 spiro atoms. The number of nitrogens with one attached hydrogen (secondary N) is 1. The summed E-state index contributed by atoms with van der Waals surface area (Å²) in [5, 5.41) is 3.42. The Morgan fingerprint density at radius 1 is 1.50 bits per heavy atom. The molecule has 1 heterocycles. The first-order valence-electron chi connectivity index (χ1n) is 6.11. The molecule has 1 N–H and O–H groups in total. The molecule has 16 heavy (non-hydrogen) atoms. The van der Waals surface area contributed by atoms with Crippen molar-refractivity contribution in [3.05, 3.63) is 0 Å². The largest absolute Gasteiger partial charge is 0.380 e. The van der Waals surface area contributed by atoms with Crippen LogP contribution in [0.15, 0.2) is 4.99 Å². The molecule has 1 saturated heterocycles. The second-order valence-electron chi connectivity index (χ2n) is 4.98. The van der Waals surface area contributed by atoms with Gasteiger partial charge in [-0.15, -0.1) is 0 Å². The minimum absolute atomic E-state index is 0.293. The van der Waals surface area contributed by atoms with E-state index >= 15 is 0 Å². The van der Waals surface area contributed by atoms with E-state index in [2.05, 4.69) is 36.1 Å². The highest BCUT2D eigenvalue weighted by Gasteiger charge is 2.33. The van der Waals surface area contributed by atoms with E-state index in [1.807, 2.05) is 7.05 Å². The second-order valence-corrected chi connectivity index (χ2v) is 4.98. The van der Waals surface area contributed by atoms with E-state index in [1.165, 1.54) is 12.8 Å². The van der Waals surface area contributed by atoms with Crippen LogP contribution in [0.5, 0.6) is 0 Å². The summed E-state index contributed by atoms with van der Waals surface area (Å²) in [4.78, 5) is 6.48. The van der Waals surface area contributed by atoms with E-state index in [1.54, 1.807) is 0 Å². The predicted octanol–water partition coefficient (Wildman–Crippen LogP) is 1.33. The third kappa shape index (κ3) is 3.67. The Labute approximate surface area is 99.1 Å². The predicted molar refractivity (Wildman–Crippen MR) is 67.8 cm³/mol. The molecule has 1 aliphatic rings. The average molecular weight is 227 g/mol. The number of rotatable bonds is 5. The molecule has 0 bridgehead atoms. The third-order valence-electron chi connectivity index (χ3n) is 2.99. The fourth-order valence-corrected chi connectivity index (χ4v) is 1.73. The van der Waals surface area contributed by atoms with Crippen LogP contribution in [0.25, 0.3) is 0 Å². The van der Waals surface area contributed by atoms with E-state index < -0.39 is 0 Å². The second kappa shape index (κ2) is 6.09. The van der Waals surface area contributed by atoms with Gasteiger partial charge >= 0.3 is 0 Å². The summed E-state index contributed by atoms with van der Waals surface area (Å²) < 4.78 is 5.24. The number of aliphatic imine (C=N–C) groups is 1. The summed E-state index contributed by atoms with van der Waals surface area (Å²) in [5.74, 6) is 0.988. The molecule has 0 saturated carbocycles. The number of guanidine groups is 1. The van der Waals surface area contributed by atoms with Gasteiger partial charge in [0.25, 0.3) is 0 Å². The van der Waals surface area contributed by atoms with Crippen LogP contribution in [0.4, 0.5) is 0 Å². The summed E-state index contributed by atoms with van der Waals surface area (Å²) in [6.45, 7) is 8.16. The molecule has 0 radical (unpaired) electrons. The monoisotopic (exact) mass is 227 g/mol. The lowest BCUT2D eigenvalue weighted by atomic mass is 9.89. The van der Waals surface area contributed by atoms with Crippen LogP contribution in [0.2, 0.25) is 0 Å². The summed E-state index contributed by atoms with van der Waals surface area (Å²) in [6.07, 6.45) is 2.42. The Balaban J connectivity index is 2.31. The average Bonchev–Trinajstić information content (AvgIpc) is 2.24. The van der Waals surface area contributed by atoms with E-state index in [0.29, 0.717) is 5.41 Å². The quantitative estimate of drug-likeness (QED) is 0.569. The maximum absolute atomic E-state index is 5.24. The van der Waals surface area contributed by atoms with Crippen LogP contribution in [-0.2, 0) is 4.74 Å². The maximum atomic E-state index is 5.24. The topological polar surface area (TPSA) is 36.9 Å². The molecule has 0 aliphatic carbocycles. The van der Waals surface area contributed by atoms with Gasteiger partial charge in [0.05, 0.1) is 13.2 Å². The highest BCUT2D eigenvalue weighted by atomic mass is 16.5. The molecule has 0 aromatic carbocycles. The number of ether oxygens (including phenoxy) is 1. The summed E-state index contributed by atoms with van der Waals surface area (Å²) in [6, 6.07) is 0. The maximum Gasteiger partial charge on any atom is 0.193 e. The summed E-state index contributed by atoms with van der Waals surface area (Å²) in [7, 11) is 3.93. The van der Waals surface area contributed by atoms with Crippen molar-refractivity contribution >= 4 is 5.96 Å². The SMILES string of the molecule is CCCCN(C)C(=NC)NCC1(C)COC1. The van der Waals surface area contributed by atoms with Crippen LogP contribution in [0.1, 0.15) is 26.7 Å². The van der Waals surface area contributed by atoms with Crippen molar-refractivity contribution in [2.45, 2.75) is 26.7 Å². The van der Waals surface area contributed by atoms with Crippen molar-refractivity contribution in [3.63, 3.8) is 0 Å². The van der Waals surface area contributed by atoms with Crippen LogP contribution in [0.3, 0.4) is 0 Å². The van der Waals surface area contributed by atoms with E-state index in [-0.39, 0.29) is 0 Å². The summed E-state index contributed by atoms with van der Waals surface area (Å²) in [5.41, 5.74) is 0.293. The Bertz CT molecular complexity index is 236. The van der Waals surface area contributed by atoms with E-state index in [4.69, 9.17) is 4.74 Å². The highest BCUT2D eigenvalue weighted by Crippen LogP contribution is 2.25. The summed E-state index contributed by atoms with van der Waals surface area (Å²) >= 11 is 0. The smallest absolute Gasteiger partial charge is 0.193 e. The van der Waals surface area contributed by atoms with Gasteiger partial charge in [-0.25, -0.2) is 0 Å². The Morgan fingerprint density at radius 3 is 2.62 bits per heavy atom. The normalized spacial score (nSPS) is 19.1. The van der Waals surface area contributed by atoms with E-state index in [9.17, 15) is 0 Å². The van der Waals surface area contributed by atoms with Gasteiger partial charge in [0, 0.05) is 32.6 Å². The molecular weight excluding hydrogens is 202 g/mol. The zero-order chi connectivity index (χ0) is 12.0. The number of unbranched alkanes of at least 4 members (excludes halogenated alkanes) is 1. The molecule has 1 aliphatic heterocycles. The molecule has 0 aromatic heterocycles. The van der Waals surface area contributed by atoms with Gasteiger partial charge in [0.2, 0.25) is 0 Å². The minimum Gasteiger partial charge on any atom is -0.380 e. The zero-order valence-corrected chi connectivity index (χ0v) is 11.0. The van der Waals surface area contributed by atoms with Crippen LogP contribution in [-0.4, -0.2) is 51.3 Å². The molecule has 4 heteroatoms. The molecule has 0 amide bonds. The van der Waals surface area contributed by atoms with Gasteiger partial charge in [0.1, 0.15) is 0 Å². The van der Waals surface area contributed by atoms with Gasteiger partial charge in [-0.3, -0.25) is 4.99 Å². The lowest BCUT2D eigenvalue weighted by Gasteiger charge is -2.39. The first-order chi connectivity index (χ1) is 7.61. The van der Waals surface area contributed by atoms with E-state index in [0.717, 1.165) is 32.3 Å².